The van der Waals surface area contributed by atoms with Gasteiger partial charge in [-0.25, -0.2) is 0 Å². The van der Waals surface area contributed by atoms with Crippen LogP contribution in [0.2, 0.25) is 0 Å². The zero-order chi connectivity index (χ0) is 11.4. The van der Waals surface area contributed by atoms with E-state index < -0.39 is 0 Å². The summed E-state index contributed by atoms with van der Waals surface area (Å²) in [5, 5.41) is 0. The normalized spacial score (nSPS) is 37.3. The fourth-order valence-electron chi connectivity index (χ4n) is 4.11. The van der Waals surface area contributed by atoms with E-state index in [1.54, 1.807) is 0 Å². The smallest absolute Gasteiger partial charge is 0.0177 e. The van der Waals surface area contributed by atoms with E-state index in [0.717, 1.165) is 11.5 Å². The van der Waals surface area contributed by atoms with Crippen molar-refractivity contribution in [3.05, 3.63) is 0 Å². The molecule has 3 fully saturated rings. The van der Waals surface area contributed by atoms with E-state index in [9.17, 15) is 0 Å². The lowest BCUT2D eigenvalue weighted by Gasteiger charge is -2.63. The molecule has 0 amide bonds. The van der Waals surface area contributed by atoms with Crippen LogP contribution in [0.3, 0.4) is 0 Å². The third-order valence-corrected chi connectivity index (χ3v) is 5.29. The second-order valence-corrected chi connectivity index (χ2v) is 7.10. The maximum atomic E-state index is 2.80. The SMILES string of the molecule is CCN1CC2(CCC2N2CCC(C)(C)C2)C1. The lowest BCUT2D eigenvalue weighted by Crippen LogP contribution is -2.70. The molecule has 2 nitrogen and oxygen atoms in total. The molecular formula is C14H26N2. The number of nitrogens with zero attached hydrogens (tertiary/aromatic N) is 2. The Kier molecular flexibility index (Phi) is 2.38. The van der Waals surface area contributed by atoms with Crippen LogP contribution in [-0.2, 0) is 0 Å². The lowest BCUT2D eigenvalue weighted by molar-refractivity contribution is -0.126. The summed E-state index contributed by atoms with van der Waals surface area (Å²) in [6.07, 6.45) is 4.36. The minimum atomic E-state index is 0.574. The van der Waals surface area contributed by atoms with Gasteiger partial charge in [0.05, 0.1) is 0 Å². The summed E-state index contributed by atoms with van der Waals surface area (Å²) in [6, 6.07) is 0.928. The molecule has 1 unspecified atom stereocenters. The number of likely N-dealkylation sites (tertiary alicyclic amines) is 2. The van der Waals surface area contributed by atoms with Gasteiger partial charge in [0.1, 0.15) is 0 Å². The first-order valence-corrected chi connectivity index (χ1v) is 7.01. The minimum Gasteiger partial charge on any atom is -0.302 e. The van der Waals surface area contributed by atoms with Gasteiger partial charge in [-0.3, -0.25) is 4.90 Å². The van der Waals surface area contributed by atoms with Gasteiger partial charge >= 0.3 is 0 Å². The first-order chi connectivity index (χ1) is 7.55. The van der Waals surface area contributed by atoms with Crippen LogP contribution in [0.25, 0.3) is 0 Å². The zero-order valence-corrected chi connectivity index (χ0v) is 11.1. The first-order valence-electron chi connectivity index (χ1n) is 7.01. The zero-order valence-electron chi connectivity index (χ0n) is 11.1. The maximum absolute atomic E-state index is 2.80. The van der Waals surface area contributed by atoms with Crippen molar-refractivity contribution in [2.24, 2.45) is 10.8 Å². The van der Waals surface area contributed by atoms with Crippen molar-refractivity contribution < 1.29 is 0 Å². The Morgan fingerprint density at radius 2 is 1.88 bits per heavy atom. The van der Waals surface area contributed by atoms with Gasteiger partial charge in [-0.15, -0.1) is 0 Å². The minimum absolute atomic E-state index is 0.574. The van der Waals surface area contributed by atoms with E-state index in [0.29, 0.717) is 5.41 Å². The highest BCUT2D eigenvalue weighted by Gasteiger charge is 2.56. The topological polar surface area (TPSA) is 6.48 Å². The number of hydrogen-bond donors (Lipinski definition) is 0. The van der Waals surface area contributed by atoms with Gasteiger partial charge in [-0.05, 0) is 37.8 Å². The molecule has 2 heterocycles. The molecule has 1 spiro atoms. The van der Waals surface area contributed by atoms with Crippen LogP contribution in [0.5, 0.6) is 0 Å². The Labute approximate surface area is 100.0 Å². The van der Waals surface area contributed by atoms with Crippen molar-refractivity contribution in [3.63, 3.8) is 0 Å². The van der Waals surface area contributed by atoms with Crippen molar-refractivity contribution in [3.8, 4) is 0 Å². The van der Waals surface area contributed by atoms with E-state index in [1.807, 2.05) is 0 Å². The van der Waals surface area contributed by atoms with E-state index in [1.165, 1.54) is 52.0 Å². The van der Waals surface area contributed by atoms with Crippen LogP contribution >= 0.6 is 0 Å². The molecule has 0 bridgehead atoms. The van der Waals surface area contributed by atoms with Gasteiger partial charge in [-0.1, -0.05) is 20.8 Å². The van der Waals surface area contributed by atoms with Crippen LogP contribution in [-0.4, -0.2) is 48.6 Å². The number of rotatable bonds is 2. The largest absolute Gasteiger partial charge is 0.302 e. The van der Waals surface area contributed by atoms with Gasteiger partial charge in [0.25, 0.3) is 0 Å². The standard InChI is InChI=1S/C14H26N2/c1-4-15-10-14(11-15)6-5-12(14)16-8-7-13(2,3)9-16/h12H,4-11H2,1-3H3. The summed E-state index contributed by atoms with van der Waals surface area (Å²) in [4.78, 5) is 5.41. The molecule has 0 aromatic carbocycles. The molecule has 0 N–H and O–H groups in total. The molecule has 1 atom stereocenters. The molecule has 92 valence electrons. The molecule has 2 heteroatoms. The molecule has 2 saturated heterocycles. The van der Waals surface area contributed by atoms with Crippen LogP contribution in [0, 0.1) is 10.8 Å². The molecule has 2 aliphatic heterocycles. The van der Waals surface area contributed by atoms with E-state index in [2.05, 4.69) is 30.6 Å². The van der Waals surface area contributed by atoms with Gasteiger partial charge in [0, 0.05) is 31.1 Å². The Bertz CT molecular complexity index is 278. The van der Waals surface area contributed by atoms with E-state index in [-0.39, 0.29) is 0 Å². The van der Waals surface area contributed by atoms with Crippen LogP contribution in [0.1, 0.15) is 40.0 Å². The predicted molar refractivity (Wildman–Crippen MR) is 67.5 cm³/mol. The molecule has 0 aromatic rings. The van der Waals surface area contributed by atoms with Crippen molar-refractivity contribution in [1.82, 2.24) is 9.80 Å². The molecule has 0 aromatic heterocycles. The third-order valence-electron chi connectivity index (χ3n) is 5.29. The quantitative estimate of drug-likeness (QED) is 0.707. The monoisotopic (exact) mass is 222 g/mol. The summed E-state index contributed by atoms with van der Waals surface area (Å²) in [5.74, 6) is 0. The van der Waals surface area contributed by atoms with Crippen molar-refractivity contribution in [2.45, 2.75) is 46.1 Å². The Balaban J connectivity index is 1.61. The summed E-state index contributed by atoms with van der Waals surface area (Å²) in [7, 11) is 0. The highest BCUT2D eigenvalue weighted by molar-refractivity contribution is 5.11. The Morgan fingerprint density at radius 3 is 2.31 bits per heavy atom. The summed E-state index contributed by atoms with van der Waals surface area (Å²) < 4.78 is 0. The van der Waals surface area contributed by atoms with Crippen molar-refractivity contribution in [1.29, 1.82) is 0 Å². The molecule has 3 rings (SSSR count). The Hall–Kier alpha value is -0.0800. The molecule has 1 saturated carbocycles. The number of hydrogen-bond acceptors (Lipinski definition) is 2. The Morgan fingerprint density at radius 1 is 1.12 bits per heavy atom. The van der Waals surface area contributed by atoms with Crippen molar-refractivity contribution in [2.75, 3.05) is 32.7 Å². The second-order valence-electron chi connectivity index (χ2n) is 7.10. The molecule has 16 heavy (non-hydrogen) atoms. The summed E-state index contributed by atoms with van der Waals surface area (Å²) >= 11 is 0. The average molecular weight is 222 g/mol. The highest BCUT2D eigenvalue weighted by atomic mass is 15.3. The van der Waals surface area contributed by atoms with Gasteiger partial charge in [0.15, 0.2) is 0 Å². The summed E-state index contributed by atoms with van der Waals surface area (Å²) in [6.45, 7) is 13.8. The molecular weight excluding hydrogens is 196 g/mol. The third kappa shape index (κ3) is 1.53. The van der Waals surface area contributed by atoms with Crippen LogP contribution < -0.4 is 0 Å². The van der Waals surface area contributed by atoms with Gasteiger partial charge in [-0.2, -0.15) is 0 Å². The van der Waals surface area contributed by atoms with Crippen LogP contribution in [0.4, 0.5) is 0 Å². The maximum Gasteiger partial charge on any atom is 0.0177 e. The van der Waals surface area contributed by atoms with Gasteiger partial charge < -0.3 is 4.90 Å². The molecule has 1 aliphatic carbocycles. The first kappa shape index (κ1) is 11.0. The van der Waals surface area contributed by atoms with E-state index in [4.69, 9.17) is 0 Å². The molecule has 0 radical (unpaired) electrons. The fraction of sp³-hybridized carbons (Fsp3) is 1.00. The van der Waals surface area contributed by atoms with Crippen LogP contribution in [0.15, 0.2) is 0 Å². The van der Waals surface area contributed by atoms with Crippen molar-refractivity contribution >= 4 is 0 Å². The fourth-order valence-corrected chi connectivity index (χ4v) is 4.11. The average Bonchev–Trinajstić information content (AvgIpc) is 2.43. The van der Waals surface area contributed by atoms with E-state index >= 15 is 0 Å². The highest BCUT2D eigenvalue weighted by Crippen LogP contribution is 2.52. The predicted octanol–water partition coefficient (Wildman–Crippen LogP) is 2.20. The molecule has 3 aliphatic rings. The van der Waals surface area contributed by atoms with Gasteiger partial charge in [0.2, 0.25) is 0 Å². The summed E-state index contributed by atoms with van der Waals surface area (Å²) in [5.41, 5.74) is 1.29. The second kappa shape index (κ2) is 3.46. The lowest BCUT2D eigenvalue weighted by atomic mass is 9.59.